The second kappa shape index (κ2) is 6.27. The highest BCUT2D eigenvalue weighted by Crippen LogP contribution is 2.34. The van der Waals surface area contributed by atoms with Crippen LogP contribution in [0, 0.1) is 0 Å². The number of carbonyl (C=O) groups is 1. The van der Waals surface area contributed by atoms with Crippen LogP contribution >= 0.6 is 15.9 Å². The molecule has 0 aliphatic carbocycles. The number of anilines is 2. The van der Waals surface area contributed by atoms with Crippen LogP contribution in [-0.2, 0) is 6.18 Å². The Morgan fingerprint density at radius 1 is 1.05 bits per heavy atom. The lowest BCUT2D eigenvalue weighted by Gasteiger charge is -2.12. The molecule has 0 aliphatic heterocycles. The second-order valence-corrected chi connectivity index (χ2v) is 5.14. The first-order chi connectivity index (χ1) is 10.3. The van der Waals surface area contributed by atoms with Crippen LogP contribution in [0.15, 0.2) is 46.9 Å². The first kappa shape index (κ1) is 16.2. The zero-order chi connectivity index (χ0) is 16.3. The molecule has 0 saturated carbocycles. The van der Waals surface area contributed by atoms with Crippen molar-refractivity contribution in [3.63, 3.8) is 0 Å². The van der Waals surface area contributed by atoms with E-state index >= 15 is 0 Å². The lowest BCUT2D eigenvalue weighted by Crippen LogP contribution is -2.20. The molecule has 2 aromatic carbocycles. The van der Waals surface area contributed by atoms with Gasteiger partial charge in [0.2, 0.25) is 0 Å². The van der Waals surface area contributed by atoms with E-state index in [4.69, 9.17) is 0 Å². The van der Waals surface area contributed by atoms with Gasteiger partial charge in [-0.1, -0.05) is 12.1 Å². The summed E-state index contributed by atoms with van der Waals surface area (Å²) >= 11 is 3.22. The SMILES string of the molecule is O=C(Nc1cc(C(F)(F)F)ccc1O)Nc1ccccc1Br. The van der Waals surface area contributed by atoms with Crippen LogP contribution in [0.1, 0.15) is 5.56 Å². The van der Waals surface area contributed by atoms with Gasteiger partial charge in [-0.25, -0.2) is 4.79 Å². The fraction of sp³-hybridized carbons (Fsp3) is 0.0714. The van der Waals surface area contributed by atoms with Crippen molar-refractivity contribution < 1.29 is 23.1 Å². The molecule has 0 spiro atoms. The molecule has 2 amide bonds. The van der Waals surface area contributed by atoms with E-state index in [9.17, 15) is 23.1 Å². The van der Waals surface area contributed by atoms with Crippen molar-refractivity contribution >= 4 is 33.3 Å². The predicted molar refractivity (Wildman–Crippen MR) is 79.9 cm³/mol. The first-order valence-electron chi connectivity index (χ1n) is 6.00. The molecule has 0 heterocycles. The summed E-state index contributed by atoms with van der Waals surface area (Å²) < 4.78 is 38.5. The number of amides is 2. The highest BCUT2D eigenvalue weighted by molar-refractivity contribution is 9.10. The number of nitrogens with one attached hydrogen (secondary N) is 2. The number of phenolic OH excluding ortho intramolecular Hbond substituents is 1. The van der Waals surface area contributed by atoms with Gasteiger partial charge in [-0.15, -0.1) is 0 Å². The summed E-state index contributed by atoms with van der Waals surface area (Å²) in [6.45, 7) is 0. The normalized spacial score (nSPS) is 11.1. The summed E-state index contributed by atoms with van der Waals surface area (Å²) in [7, 11) is 0. The minimum absolute atomic E-state index is 0.334. The number of hydrogen-bond acceptors (Lipinski definition) is 2. The van der Waals surface area contributed by atoms with Gasteiger partial charge in [-0.2, -0.15) is 13.2 Å². The van der Waals surface area contributed by atoms with Crippen LogP contribution in [-0.4, -0.2) is 11.1 Å². The van der Waals surface area contributed by atoms with Crippen molar-refractivity contribution in [1.29, 1.82) is 0 Å². The monoisotopic (exact) mass is 374 g/mol. The molecule has 0 radical (unpaired) electrons. The molecule has 2 aromatic rings. The number of para-hydroxylation sites is 1. The number of carbonyl (C=O) groups excluding carboxylic acids is 1. The van der Waals surface area contributed by atoms with Gasteiger partial charge in [0.1, 0.15) is 5.75 Å². The van der Waals surface area contributed by atoms with Gasteiger partial charge in [-0.3, -0.25) is 0 Å². The Hall–Kier alpha value is -2.22. The van der Waals surface area contributed by atoms with Crippen molar-refractivity contribution in [2.45, 2.75) is 6.18 Å². The van der Waals surface area contributed by atoms with E-state index in [1.807, 2.05) is 0 Å². The zero-order valence-corrected chi connectivity index (χ0v) is 12.5. The van der Waals surface area contributed by atoms with Crippen LogP contribution in [0.3, 0.4) is 0 Å². The Balaban J connectivity index is 2.17. The highest BCUT2D eigenvalue weighted by atomic mass is 79.9. The maximum Gasteiger partial charge on any atom is 0.416 e. The molecule has 116 valence electrons. The third-order valence-corrected chi connectivity index (χ3v) is 3.39. The summed E-state index contributed by atoms with van der Waals surface area (Å²) in [4.78, 5) is 11.8. The number of benzene rings is 2. The average Bonchev–Trinajstić information content (AvgIpc) is 2.42. The average molecular weight is 375 g/mol. The van der Waals surface area contributed by atoms with Gasteiger partial charge in [0, 0.05) is 4.47 Å². The van der Waals surface area contributed by atoms with Crippen LogP contribution < -0.4 is 10.6 Å². The van der Waals surface area contributed by atoms with Crippen molar-refractivity contribution in [3.8, 4) is 5.75 Å². The van der Waals surface area contributed by atoms with E-state index in [1.54, 1.807) is 24.3 Å². The third-order valence-electron chi connectivity index (χ3n) is 2.69. The Bertz CT molecular complexity index is 705. The Morgan fingerprint density at radius 3 is 2.32 bits per heavy atom. The molecule has 22 heavy (non-hydrogen) atoms. The first-order valence-corrected chi connectivity index (χ1v) is 6.79. The van der Waals surface area contributed by atoms with E-state index < -0.39 is 23.5 Å². The number of aromatic hydroxyl groups is 1. The standard InChI is InChI=1S/C14H10BrF3N2O2/c15-9-3-1-2-4-10(9)19-13(22)20-11-7-8(14(16,17)18)5-6-12(11)21/h1-7,21H,(H2,19,20,22). The largest absolute Gasteiger partial charge is 0.506 e. The van der Waals surface area contributed by atoms with Crippen LogP contribution in [0.4, 0.5) is 29.3 Å². The summed E-state index contributed by atoms with van der Waals surface area (Å²) in [5.41, 5.74) is -0.868. The van der Waals surface area contributed by atoms with Gasteiger partial charge in [0.15, 0.2) is 0 Å². The number of halogens is 4. The Morgan fingerprint density at radius 2 is 1.68 bits per heavy atom. The van der Waals surface area contributed by atoms with Crippen molar-refractivity contribution in [1.82, 2.24) is 0 Å². The molecule has 3 N–H and O–H groups in total. The Labute approximate surface area is 132 Å². The van der Waals surface area contributed by atoms with E-state index in [1.165, 1.54) is 0 Å². The minimum Gasteiger partial charge on any atom is -0.506 e. The fourth-order valence-corrected chi connectivity index (χ4v) is 2.03. The minimum atomic E-state index is -4.57. The molecule has 4 nitrogen and oxygen atoms in total. The number of alkyl halides is 3. The van der Waals surface area contributed by atoms with Gasteiger partial charge in [-0.05, 0) is 46.3 Å². The molecule has 0 aliphatic rings. The zero-order valence-electron chi connectivity index (χ0n) is 10.9. The predicted octanol–water partition coefficient (Wildman–Crippen LogP) is 4.82. The molecular formula is C14H10BrF3N2O2. The van der Waals surface area contributed by atoms with Crippen molar-refractivity contribution in [2.24, 2.45) is 0 Å². The summed E-state index contributed by atoms with van der Waals surface area (Å²) in [6.07, 6.45) is -4.57. The van der Waals surface area contributed by atoms with Gasteiger partial charge in [0.05, 0.1) is 16.9 Å². The molecule has 2 rings (SSSR count). The van der Waals surface area contributed by atoms with Gasteiger partial charge in [0.25, 0.3) is 0 Å². The number of hydrogen-bond donors (Lipinski definition) is 3. The van der Waals surface area contributed by atoms with Crippen molar-refractivity contribution in [3.05, 3.63) is 52.5 Å². The quantitative estimate of drug-likeness (QED) is 0.660. The topological polar surface area (TPSA) is 61.4 Å². The Kier molecular flexibility index (Phi) is 4.60. The molecule has 0 atom stereocenters. The molecule has 0 aromatic heterocycles. The molecule has 8 heteroatoms. The van der Waals surface area contributed by atoms with Crippen LogP contribution in [0.5, 0.6) is 5.75 Å². The maximum absolute atomic E-state index is 12.6. The van der Waals surface area contributed by atoms with Crippen LogP contribution in [0.2, 0.25) is 0 Å². The van der Waals surface area contributed by atoms with Gasteiger partial charge >= 0.3 is 12.2 Å². The maximum atomic E-state index is 12.6. The summed E-state index contributed by atoms with van der Waals surface area (Å²) in [5, 5.41) is 14.2. The van der Waals surface area contributed by atoms with Crippen molar-refractivity contribution in [2.75, 3.05) is 10.6 Å². The third kappa shape index (κ3) is 3.91. The summed E-state index contributed by atoms with van der Waals surface area (Å²) in [6, 6.07) is 8.21. The lowest BCUT2D eigenvalue weighted by molar-refractivity contribution is -0.137. The highest BCUT2D eigenvalue weighted by Gasteiger charge is 2.31. The van der Waals surface area contributed by atoms with E-state index in [0.29, 0.717) is 16.2 Å². The molecular weight excluding hydrogens is 365 g/mol. The van der Waals surface area contributed by atoms with E-state index in [-0.39, 0.29) is 5.69 Å². The van der Waals surface area contributed by atoms with Gasteiger partial charge < -0.3 is 15.7 Å². The lowest BCUT2D eigenvalue weighted by atomic mass is 10.2. The van der Waals surface area contributed by atoms with E-state index in [0.717, 1.165) is 12.1 Å². The molecule has 0 saturated heterocycles. The molecule has 0 unspecified atom stereocenters. The fourth-order valence-electron chi connectivity index (χ4n) is 1.65. The smallest absolute Gasteiger partial charge is 0.416 e. The number of phenols is 1. The molecule has 0 fully saturated rings. The number of rotatable bonds is 2. The van der Waals surface area contributed by atoms with Crippen LogP contribution in [0.25, 0.3) is 0 Å². The number of urea groups is 1. The molecule has 0 bridgehead atoms. The van der Waals surface area contributed by atoms with E-state index in [2.05, 4.69) is 26.6 Å². The second-order valence-electron chi connectivity index (χ2n) is 4.29. The summed E-state index contributed by atoms with van der Waals surface area (Å²) in [5.74, 6) is -0.463.